The number of hydrogen-bond donors (Lipinski definition) is 2. The van der Waals surface area contributed by atoms with Crippen molar-refractivity contribution in [3.63, 3.8) is 0 Å². The maximum Gasteiger partial charge on any atom is 0.359 e. The minimum atomic E-state index is -4.71. The molecule has 0 unspecified atom stereocenters. The van der Waals surface area contributed by atoms with Crippen molar-refractivity contribution in [1.82, 2.24) is 0 Å². The molecule has 2 N–H and O–H groups in total. The van der Waals surface area contributed by atoms with Crippen LogP contribution in [0.15, 0.2) is 60.7 Å². The average Bonchev–Trinajstić information content (AvgIpc) is 2.39. The molecule has 19 heavy (non-hydrogen) atoms. The van der Waals surface area contributed by atoms with E-state index >= 15 is 0 Å². The number of halogens is 1. The highest BCUT2D eigenvalue weighted by molar-refractivity contribution is 7.63. The van der Waals surface area contributed by atoms with Crippen molar-refractivity contribution in [1.29, 1.82) is 0 Å². The van der Waals surface area contributed by atoms with E-state index in [0.717, 1.165) is 0 Å². The molecule has 2 rings (SSSR count). The fraction of sp³-hybridized carbons (Fsp3) is 0. The lowest BCUT2D eigenvalue weighted by Gasteiger charge is -2.11. The summed E-state index contributed by atoms with van der Waals surface area (Å²) < 4.78 is 25.9. The summed E-state index contributed by atoms with van der Waals surface area (Å²) in [6.45, 7) is 0. The average molecular weight is 278 g/mol. The molecule has 5 heteroatoms. The fourth-order valence-corrected chi connectivity index (χ4v) is 2.61. The molecule has 0 radical (unpaired) electrons. The molecule has 0 saturated heterocycles. The van der Waals surface area contributed by atoms with Gasteiger partial charge in [-0.2, -0.15) is 0 Å². The van der Waals surface area contributed by atoms with Crippen molar-refractivity contribution < 1.29 is 18.7 Å². The lowest BCUT2D eigenvalue weighted by molar-refractivity contribution is 0.388. The van der Waals surface area contributed by atoms with E-state index in [-0.39, 0.29) is 11.1 Å². The van der Waals surface area contributed by atoms with Gasteiger partial charge in [-0.25, -0.2) is 4.39 Å². The molecule has 98 valence electrons. The molecule has 0 saturated carbocycles. The van der Waals surface area contributed by atoms with Gasteiger partial charge in [-0.05, 0) is 5.56 Å². The van der Waals surface area contributed by atoms with Crippen LogP contribution in [0.2, 0.25) is 0 Å². The molecule has 0 aliphatic carbocycles. The van der Waals surface area contributed by atoms with E-state index in [1.807, 2.05) is 0 Å². The third kappa shape index (κ3) is 3.18. The van der Waals surface area contributed by atoms with Gasteiger partial charge in [-0.3, -0.25) is 4.57 Å². The van der Waals surface area contributed by atoms with E-state index in [0.29, 0.717) is 0 Å². The summed E-state index contributed by atoms with van der Waals surface area (Å²) in [5.41, 5.74) is 0.321. The Morgan fingerprint density at radius 2 is 1.26 bits per heavy atom. The minimum Gasteiger partial charge on any atom is -0.321 e. The summed E-state index contributed by atoms with van der Waals surface area (Å²) in [7, 11) is -4.71. The summed E-state index contributed by atoms with van der Waals surface area (Å²) in [5, 5.41) is -0.584. The van der Waals surface area contributed by atoms with Crippen molar-refractivity contribution in [2.75, 3.05) is 0 Å². The van der Waals surface area contributed by atoms with Gasteiger partial charge in [0.25, 0.3) is 0 Å². The van der Waals surface area contributed by atoms with Crippen molar-refractivity contribution >= 4 is 18.7 Å². The van der Waals surface area contributed by atoms with Crippen molar-refractivity contribution in [2.24, 2.45) is 0 Å². The first-order chi connectivity index (χ1) is 9.00. The van der Waals surface area contributed by atoms with E-state index in [1.54, 1.807) is 36.4 Å². The monoisotopic (exact) mass is 278 g/mol. The summed E-state index contributed by atoms with van der Waals surface area (Å²) in [5.74, 6) is -0.903. The van der Waals surface area contributed by atoms with Gasteiger partial charge in [0.2, 0.25) is 0 Å². The van der Waals surface area contributed by atoms with Crippen LogP contribution in [0.3, 0.4) is 0 Å². The molecule has 0 bridgehead atoms. The van der Waals surface area contributed by atoms with Gasteiger partial charge in [-0.1, -0.05) is 60.7 Å². The first kappa shape index (κ1) is 13.7. The molecule has 0 spiro atoms. The molecule has 0 amide bonds. The molecule has 0 aliphatic heterocycles. The topological polar surface area (TPSA) is 57.5 Å². The zero-order chi connectivity index (χ0) is 13.9. The highest BCUT2D eigenvalue weighted by Gasteiger charge is 2.28. The lowest BCUT2D eigenvalue weighted by Crippen LogP contribution is -1.91. The van der Waals surface area contributed by atoms with E-state index in [4.69, 9.17) is 0 Å². The molecular formula is C14H12FO3P. The maximum absolute atomic E-state index is 14.4. The SMILES string of the molecule is O=P(O)(O)C(=C(F)c1ccccc1)c1ccccc1. The Morgan fingerprint density at radius 1 is 0.842 bits per heavy atom. The van der Waals surface area contributed by atoms with Crippen LogP contribution in [-0.4, -0.2) is 9.79 Å². The van der Waals surface area contributed by atoms with Crippen LogP contribution in [0.25, 0.3) is 11.1 Å². The van der Waals surface area contributed by atoms with E-state index in [1.165, 1.54) is 24.3 Å². The summed E-state index contributed by atoms with van der Waals surface area (Å²) >= 11 is 0. The molecule has 0 aliphatic rings. The molecule has 0 aromatic heterocycles. The van der Waals surface area contributed by atoms with Crippen LogP contribution in [-0.2, 0) is 4.57 Å². The highest BCUT2D eigenvalue weighted by Crippen LogP contribution is 2.54. The van der Waals surface area contributed by atoms with Crippen LogP contribution >= 0.6 is 7.60 Å². The number of hydrogen-bond acceptors (Lipinski definition) is 1. The number of rotatable bonds is 3. The van der Waals surface area contributed by atoms with Gasteiger partial charge in [0.1, 0.15) is 11.1 Å². The van der Waals surface area contributed by atoms with Crippen molar-refractivity contribution in [2.45, 2.75) is 0 Å². The first-order valence-corrected chi connectivity index (χ1v) is 7.18. The van der Waals surface area contributed by atoms with Gasteiger partial charge < -0.3 is 9.79 Å². The highest BCUT2D eigenvalue weighted by atomic mass is 31.2. The molecule has 0 atom stereocenters. The predicted octanol–water partition coefficient (Wildman–Crippen LogP) is 3.66. The Morgan fingerprint density at radius 3 is 1.68 bits per heavy atom. The molecule has 0 fully saturated rings. The summed E-state index contributed by atoms with van der Waals surface area (Å²) in [6.07, 6.45) is 0. The maximum atomic E-state index is 14.4. The smallest absolute Gasteiger partial charge is 0.321 e. The second-order valence-electron chi connectivity index (χ2n) is 3.94. The third-order valence-electron chi connectivity index (χ3n) is 2.57. The second-order valence-corrected chi connectivity index (χ2v) is 5.47. The first-order valence-electron chi connectivity index (χ1n) is 5.57. The summed E-state index contributed by atoms with van der Waals surface area (Å²) in [6, 6.07) is 15.7. The zero-order valence-electron chi connectivity index (χ0n) is 9.90. The van der Waals surface area contributed by atoms with Crippen LogP contribution in [0, 0.1) is 0 Å². The van der Waals surface area contributed by atoms with E-state index in [9.17, 15) is 18.7 Å². The van der Waals surface area contributed by atoms with Gasteiger partial charge in [-0.15, -0.1) is 0 Å². The van der Waals surface area contributed by atoms with Crippen LogP contribution in [0.1, 0.15) is 11.1 Å². The van der Waals surface area contributed by atoms with Gasteiger partial charge >= 0.3 is 7.60 Å². The standard InChI is InChI=1S/C14H12FO3P/c15-13(11-7-3-1-4-8-11)14(19(16,17)18)12-9-5-2-6-10-12/h1-10H,(H2,16,17,18). The Labute approximate surface area is 110 Å². The number of benzene rings is 2. The Bertz CT molecular complexity index is 632. The predicted molar refractivity (Wildman–Crippen MR) is 72.9 cm³/mol. The van der Waals surface area contributed by atoms with Gasteiger partial charge in [0.05, 0.1) is 0 Å². The van der Waals surface area contributed by atoms with Gasteiger partial charge in [0, 0.05) is 5.56 Å². The Balaban J connectivity index is 2.66. The Hall–Kier alpha value is -1.74. The van der Waals surface area contributed by atoms with E-state index in [2.05, 4.69) is 0 Å². The molecule has 3 nitrogen and oxygen atoms in total. The molecule has 0 heterocycles. The van der Waals surface area contributed by atoms with Gasteiger partial charge in [0.15, 0.2) is 0 Å². The van der Waals surface area contributed by atoms with Crippen LogP contribution in [0.5, 0.6) is 0 Å². The second kappa shape index (κ2) is 5.49. The normalized spacial score (nSPS) is 13.0. The largest absolute Gasteiger partial charge is 0.359 e. The Kier molecular flexibility index (Phi) is 3.96. The van der Waals surface area contributed by atoms with Crippen LogP contribution in [0.4, 0.5) is 4.39 Å². The zero-order valence-corrected chi connectivity index (χ0v) is 10.8. The third-order valence-corrected chi connectivity index (χ3v) is 3.61. The molecular weight excluding hydrogens is 266 g/mol. The van der Waals surface area contributed by atoms with Crippen molar-refractivity contribution in [3.8, 4) is 0 Å². The lowest BCUT2D eigenvalue weighted by atomic mass is 10.1. The quantitative estimate of drug-likeness (QED) is 0.665. The molecule has 2 aromatic rings. The fourth-order valence-electron chi connectivity index (χ4n) is 1.74. The minimum absolute atomic E-state index is 0.143. The molecule has 2 aromatic carbocycles. The van der Waals surface area contributed by atoms with Crippen LogP contribution < -0.4 is 0 Å². The summed E-state index contributed by atoms with van der Waals surface area (Å²) in [4.78, 5) is 18.8. The van der Waals surface area contributed by atoms with E-state index < -0.39 is 18.7 Å². The van der Waals surface area contributed by atoms with Crippen molar-refractivity contribution in [3.05, 3.63) is 71.8 Å².